The number of para-hydroxylation sites is 1. The lowest BCUT2D eigenvalue weighted by molar-refractivity contribution is 0.0706. The predicted molar refractivity (Wildman–Crippen MR) is 89.1 cm³/mol. The van der Waals surface area contributed by atoms with Crippen molar-refractivity contribution < 1.29 is 9.90 Å². The molecule has 0 aliphatic carbocycles. The van der Waals surface area contributed by atoms with Crippen molar-refractivity contribution in [3.63, 3.8) is 0 Å². The molecule has 0 bridgehead atoms. The van der Waals surface area contributed by atoms with Gasteiger partial charge in [0.2, 0.25) is 0 Å². The van der Waals surface area contributed by atoms with Crippen LogP contribution in [0, 0.1) is 0 Å². The zero-order valence-electron chi connectivity index (χ0n) is 12.9. The van der Waals surface area contributed by atoms with Crippen molar-refractivity contribution in [1.29, 1.82) is 0 Å². The smallest absolute Gasteiger partial charge is 0.319 e. The Labute approximate surface area is 130 Å². The molecule has 1 atom stereocenters. The van der Waals surface area contributed by atoms with Crippen LogP contribution in [-0.2, 0) is 5.41 Å². The summed E-state index contributed by atoms with van der Waals surface area (Å²) >= 11 is 1.72. The Balaban J connectivity index is 1.97. The van der Waals surface area contributed by atoms with E-state index in [0.29, 0.717) is 12.3 Å². The van der Waals surface area contributed by atoms with Gasteiger partial charge in [-0.25, -0.2) is 4.79 Å². The number of urea groups is 1. The first-order valence-corrected chi connectivity index (χ1v) is 8.40. The summed E-state index contributed by atoms with van der Waals surface area (Å²) in [7, 11) is 0. The molecule has 1 aromatic rings. The van der Waals surface area contributed by atoms with Gasteiger partial charge in [-0.3, -0.25) is 0 Å². The first-order chi connectivity index (χ1) is 9.80. The Kier molecular flexibility index (Phi) is 4.84. The molecule has 1 aromatic carbocycles. The summed E-state index contributed by atoms with van der Waals surface area (Å²) in [6, 6.07) is 7.54. The number of aliphatic hydroxyl groups is 1. The zero-order chi connectivity index (χ0) is 15.5. The minimum Gasteiger partial charge on any atom is -0.387 e. The first kappa shape index (κ1) is 16.2. The lowest BCUT2D eigenvalue weighted by Gasteiger charge is -2.24. The minimum atomic E-state index is -0.758. The molecule has 3 N–H and O–H groups in total. The van der Waals surface area contributed by atoms with E-state index in [0.717, 1.165) is 23.4 Å². The van der Waals surface area contributed by atoms with Gasteiger partial charge in [-0.1, -0.05) is 39.0 Å². The number of carbonyl (C=O) groups is 1. The fourth-order valence-corrected chi connectivity index (χ4v) is 3.69. The molecule has 0 aromatic heterocycles. The van der Waals surface area contributed by atoms with E-state index in [1.54, 1.807) is 11.8 Å². The maximum Gasteiger partial charge on any atom is 0.319 e. The zero-order valence-corrected chi connectivity index (χ0v) is 13.7. The third kappa shape index (κ3) is 4.38. The molecular formula is C16H24N2O2S. The topological polar surface area (TPSA) is 61.4 Å². The van der Waals surface area contributed by atoms with Gasteiger partial charge < -0.3 is 15.7 Å². The largest absolute Gasteiger partial charge is 0.387 e. The van der Waals surface area contributed by atoms with E-state index in [1.807, 2.05) is 24.3 Å². The summed E-state index contributed by atoms with van der Waals surface area (Å²) in [6.07, 6.45) is 0.733. The molecule has 5 heteroatoms. The monoisotopic (exact) mass is 308 g/mol. The first-order valence-electron chi connectivity index (χ1n) is 7.25. The Bertz CT molecular complexity index is 505. The summed E-state index contributed by atoms with van der Waals surface area (Å²) < 4.78 is 0. The van der Waals surface area contributed by atoms with E-state index < -0.39 is 5.60 Å². The van der Waals surface area contributed by atoms with E-state index in [1.165, 1.54) is 0 Å². The van der Waals surface area contributed by atoms with Crippen LogP contribution >= 0.6 is 11.8 Å². The third-order valence-corrected chi connectivity index (χ3v) is 4.88. The Morgan fingerprint density at radius 3 is 2.71 bits per heavy atom. The Morgan fingerprint density at radius 1 is 1.38 bits per heavy atom. The Hall–Kier alpha value is -1.20. The van der Waals surface area contributed by atoms with Gasteiger partial charge >= 0.3 is 6.03 Å². The summed E-state index contributed by atoms with van der Waals surface area (Å²) in [4.78, 5) is 12.1. The van der Waals surface area contributed by atoms with Crippen molar-refractivity contribution in [2.75, 3.05) is 23.4 Å². The summed E-state index contributed by atoms with van der Waals surface area (Å²) in [5, 5.41) is 15.9. The van der Waals surface area contributed by atoms with Crippen LogP contribution in [0.1, 0.15) is 32.8 Å². The molecule has 1 aliphatic heterocycles. The molecule has 1 aliphatic rings. The van der Waals surface area contributed by atoms with Crippen LogP contribution in [0.4, 0.5) is 10.5 Å². The molecule has 1 saturated heterocycles. The molecule has 0 spiro atoms. The lowest BCUT2D eigenvalue weighted by Crippen LogP contribution is -2.44. The second kappa shape index (κ2) is 6.28. The minimum absolute atomic E-state index is 0.0375. The third-order valence-electron chi connectivity index (χ3n) is 3.64. The van der Waals surface area contributed by atoms with Gasteiger partial charge in [-0.2, -0.15) is 11.8 Å². The highest BCUT2D eigenvalue weighted by molar-refractivity contribution is 7.99. The number of benzene rings is 1. The van der Waals surface area contributed by atoms with Crippen LogP contribution in [0.3, 0.4) is 0 Å². The fraction of sp³-hybridized carbons (Fsp3) is 0.562. The highest BCUT2D eigenvalue weighted by Gasteiger charge is 2.32. The standard InChI is InChI=1S/C16H24N2O2S/c1-15(2,3)12-6-4-5-7-13(12)18-14(19)17-10-16(20)8-9-21-11-16/h4-7,20H,8-11H2,1-3H3,(H2,17,18,19). The molecule has 21 heavy (non-hydrogen) atoms. The van der Waals surface area contributed by atoms with Crippen molar-refractivity contribution in [2.24, 2.45) is 0 Å². The molecule has 1 fully saturated rings. The molecule has 0 saturated carbocycles. The number of carbonyl (C=O) groups excluding carboxylic acids is 1. The molecule has 0 radical (unpaired) electrons. The highest BCUT2D eigenvalue weighted by Crippen LogP contribution is 2.29. The SMILES string of the molecule is CC(C)(C)c1ccccc1NC(=O)NCC1(O)CCSC1. The molecule has 2 amide bonds. The van der Waals surface area contributed by atoms with Crippen molar-refractivity contribution in [1.82, 2.24) is 5.32 Å². The van der Waals surface area contributed by atoms with Crippen LogP contribution in [0.25, 0.3) is 0 Å². The molecule has 2 rings (SSSR count). The highest BCUT2D eigenvalue weighted by atomic mass is 32.2. The molecule has 1 unspecified atom stereocenters. The van der Waals surface area contributed by atoms with Crippen molar-refractivity contribution in [3.8, 4) is 0 Å². The Morgan fingerprint density at radius 2 is 2.10 bits per heavy atom. The molecular weight excluding hydrogens is 284 g/mol. The van der Waals surface area contributed by atoms with Gasteiger partial charge in [0.15, 0.2) is 0 Å². The summed E-state index contributed by atoms with van der Waals surface area (Å²) in [6.45, 7) is 6.64. The van der Waals surface area contributed by atoms with Crippen molar-refractivity contribution in [3.05, 3.63) is 29.8 Å². The van der Waals surface area contributed by atoms with Gasteiger partial charge in [0.05, 0.1) is 5.60 Å². The number of hydrogen-bond acceptors (Lipinski definition) is 3. The molecule has 116 valence electrons. The quantitative estimate of drug-likeness (QED) is 0.804. The second-order valence-electron chi connectivity index (χ2n) is 6.63. The van der Waals surface area contributed by atoms with E-state index >= 15 is 0 Å². The number of thioether (sulfide) groups is 1. The summed E-state index contributed by atoms with van der Waals surface area (Å²) in [5.41, 5.74) is 1.11. The second-order valence-corrected chi connectivity index (χ2v) is 7.74. The number of anilines is 1. The van der Waals surface area contributed by atoms with Crippen LogP contribution in [0.15, 0.2) is 24.3 Å². The maximum atomic E-state index is 12.1. The van der Waals surface area contributed by atoms with Crippen LogP contribution in [-0.4, -0.2) is 34.8 Å². The predicted octanol–water partition coefficient (Wildman–Crippen LogP) is 2.97. The fourth-order valence-electron chi connectivity index (χ4n) is 2.39. The lowest BCUT2D eigenvalue weighted by atomic mass is 9.86. The van der Waals surface area contributed by atoms with Crippen LogP contribution in [0.5, 0.6) is 0 Å². The average Bonchev–Trinajstić information content (AvgIpc) is 2.83. The van der Waals surface area contributed by atoms with Gasteiger partial charge in [0.1, 0.15) is 0 Å². The van der Waals surface area contributed by atoms with Crippen LogP contribution in [0.2, 0.25) is 0 Å². The van der Waals surface area contributed by atoms with Crippen molar-refractivity contribution in [2.45, 2.75) is 38.2 Å². The average molecular weight is 308 g/mol. The van der Waals surface area contributed by atoms with Gasteiger partial charge in [0.25, 0.3) is 0 Å². The van der Waals surface area contributed by atoms with E-state index in [-0.39, 0.29) is 11.4 Å². The maximum absolute atomic E-state index is 12.1. The number of nitrogens with one attached hydrogen (secondary N) is 2. The number of amides is 2. The van der Waals surface area contributed by atoms with Crippen molar-refractivity contribution >= 4 is 23.5 Å². The van der Waals surface area contributed by atoms with E-state index in [2.05, 4.69) is 31.4 Å². The van der Waals surface area contributed by atoms with E-state index in [4.69, 9.17) is 0 Å². The molecule has 4 nitrogen and oxygen atoms in total. The normalized spacial score (nSPS) is 22.1. The summed E-state index contributed by atoms with van der Waals surface area (Å²) in [5.74, 6) is 1.64. The van der Waals surface area contributed by atoms with Gasteiger partial charge in [0, 0.05) is 18.0 Å². The van der Waals surface area contributed by atoms with E-state index in [9.17, 15) is 9.90 Å². The number of hydrogen-bond donors (Lipinski definition) is 3. The number of rotatable bonds is 3. The van der Waals surface area contributed by atoms with Gasteiger partial charge in [-0.15, -0.1) is 0 Å². The van der Waals surface area contributed by atoms with Gasteiger partial charge in [-0.05, 0) is 29.2 Å². The van der Waals surface area contributed by atoms with Crippen LogP contribution < -0.4 is 10.6 Å². The molecule has 1 heterocycles.